The first-order valence-electron chi connectivity index (χ1n) is 25.0. The Bertz CT molecular complexity index is 2190. The van der Waals surface area contributed by atoms with E-state index in [9.17, 15) is 24.3 Å². The van der Waals surface area contributed by atoms with E-state index >= 15 is 0 Å². The van der Waals surface area contributed by atoms with Gasteiger partial charge < -0.3 is 100 Å². The summed E-state index contributed by atoms with van der Waals surface area (Å²) in [4.78, 5) is 50.1. The Morgan fingerprint density at radius 2 is 1.07 bits per heavy atom. The molecule has 0 saturated carbocycles. The van der Waals surface area contributed by atoms with E-state index in [1.165, 1.54) is 12.0 Å². The molecular weight excluding hydrogens is 2220 g/mol. The Hall–Kier alpha value is 3.28. The summed E-state index contributed by atoms with van der Waals surface area (Å²) < 4.78 is 64.4. The van der Waals surface area contributed by atoms with Gasteiger partial charge in [-0.3, -0.25) is 19.4 Å². The Balaban J connectivity index is -0.000000312. The summed E-state index contributed by atoms with van der Waals surface area (Å²) in [6.07, 6.45) is 3.86. The fourth-order valence-corrected chi connectivity index (χ4v) is 11.0. The number of nitrogens with zero attached hydrogens (tertiary/aromatic N) is 4. The second-order valence-electron chi connectivity index (χ2n) is 19.1. The zero-order valence-corrected chi connectivity index (χ0v) is 73.7. The molecule has 11 atom stereocenters. The normalized spacial score (nSPS) is 28.7. The summed E-state index contributed by atoms with van der Waals surface area (Å²) in [7, 11) is 7.93. The first kappa shape index (κ1) is 97.0. The molecule has 2 N–H and O–H groups in total. The summed E-state index contributed by atoms with van der Waals surface area (Å²) in [5.74, 6) is -2.48. The number of benzene rings is 2. The first-order chi connectivity index (χ1) is 35.4. The van der Waals surface area contributed by atoms with Gasteiger partial charge in [-0.2, -0.15) is 0 Å². The van der Waals surface area contributed by atoms with Gasteiger partial charge in [0.15, 0.2) is 11.6 Å². The summed E-state index contributed by atoms with van der Waals surface area (Å²) in [5, 5.41) is 21.4. The molecule has 0 aliphatic carbocycles. The number of hydrogen-bond acceptors (Lipinski definition) is 18. The van der Waals surface area contributed by atoms with Crippen LogP contribution in [0.25, 0.3) is 10.6 Å². The quantitative estimate of drug-likeness (QED) is 0.203. The van der Waals surface area contributed by atoms with Crippen molar-refractivity contribution in [3.63, 3.8) is 0 Å². The van der Waals surface area contributed by atoms with Gasteiger partial charge in [0, 0.05) is 288 Å². The van der Waals surface area contributed by atoms with Crippen LogP contribution in [-0.2, 0) is 245 Å². The molecule has 22 nitrogen and oxygen atoms in total. The smallest absolute Gasteiger partial charge is 0.410 e. The Labute approximate surface area is 667 Å². The number of ether oxygens (including phenoxy) is 12. The Morgan fingerprint density at radius 3 is 1.62 bits per heavy atom. The van der Waals surface area contributed by atoms with E-state index < -0.39 is 29.5 Å². The van der Waals surface area contributed by atoms with Gasteiger partial charge in [-0.15, -0.1) is 13.1 Å². The molecule has 31 heteroatoms. The van der Waals surface area contributed by atoms with E-state index in [-0.39, 0.29) is 348 Å². The number of nitrogens with one attached hydrogen (secondary N) is 1. The van der Waals surface area contributed by atoms with E-state index in [1.54, 1.807) is 33.3 Å². The molecule has 12 rings (SSSR count). The van der Waals surface area contributed by atoms with Crippen molar-refractivity contribution in [1.82, 2.24) is 15.1 Å². The van der Waals surface area contributed by atoms with Gasteiger partial charge in [0.1, 0.15) is 57.5 Å². The maximum atomic E-state index is 12.4. The van der Waals surface area contributed by atoms with Gasteiger partial charge in [-0.05, 0) is 55.8 Å². The van der Waals surface area contributed by atoms with Crippen LogP contribution in [0, 0.1) is 84.5 Å². The summed E-state index contributed by atoms with van der Waals surface area (Å²) in [6, 6.07) is 18.3. The fourth-order valence-electron chi connectivity index (χ4n) is 11.0. The van der Waals surface area contributed by atoms with E-state index in [0.717, 1.165) is 56.4 Å². The summed E-state index contributed by atoms with van der Waals surface area (Å²) >= 11 is 0. The molecule has 474 valence electrons. The SMILES string of the molecule is COC1(O)COC2CCNC21.COC1(OC)COC2CCN(C(=O)OCc3ccccc3)C21.COC1(OC)COC2CC[N-]C21.O=C1COC2CCN(C(=O)OCc3ccccc3)C12.O=C1COC2CC[N-]C12.[CH3-].[CH3-].[CH3-].[Pd].[U].[U].[V].[V].[W].[W].[Y].[Y]. The van der Waals surface area contributed by atoms with Crippen molar-refractivity contribution in [3.8, 4) is 0 Å². The molecular formula is C54H80N5O17PdU2V2W2Y2-5. The van der Waals surface area contributed by atoms with Gasteiger partial charge in [0.2, 0.25) is 11.6 Å². The van der Waals surface area contributed by atoms with Crippen LogP contribution < -0.4 is 5.32 Å². The standard InChI is InChI=1S/C16H21NO5.C14H15NO4.C8H14NO3.C7H13NO3.C6H8NO2.3CH3.Pd.2U.2V.2W.2Y/c1-19-16(20-2)11-22-13-8-9-17(14(13)16)15(18)21-10-12-6-4-3-5-7-12;16-11-9-18-12-6-7-15(13(11)12)14(17)19-8-10-4-2-1-3-5-10;1-10-8(11-2)5-12-6-3-4-9-7(6)8;1-10-7(9)4-11-5-2-3-8-6(5)7;8-4-3-9-5-1-2-7-6(4)5;;;;;;;;;;;;/h3-7,13-14H,8-11H2,1-2H3;1-5,12-13H,6-9H2;6-7H,3-5H2,1-2H3;5-6,8-9H,2-4H2,1H3;5-6H,1-3H2;3*1H3;;;;;;;;;/q;;-1;;4*-1;;;;;;;;;. The average molecular weight is 2300 g/mol. The molecule has 4 radical (unpaired) electrons. The van der Waals surface area contributed by atoms with Gasteiger partial charge in [-0.25, -0.2) is 9.59 Å². The number of carbonyl (C=O) groups excluding carboxylic acids is 4. The van der Waals surface area contributed by atoms with Crippen molar-refractivity contribution < 1.29 is 308 Å². The Kier molecular flexibility index (Phi) is 53.9. The van der Waals surface area contributed by atoms with Crippen molar-refractivity contribution in [2.75, 3.05) is 101 Å². The number of hydrogen-bond donors (Lipinski definition) is 2. The number of Topliss-reactive ketones (excluding diaryl/α,β-unsaturated/α-hetero) is 2. The maximum absolute atomic E-state index is 12.4. The molecule has 10 aliphatic rings. The minimum atomic E-state index is -1.10. The van der Waals surface area contributed by atoms with Gasteiger partial charge in [0.05, 0.1) is 31.0 Å². The van der Waals surface area contributed by atoms with Crippen LogP contribution >= 0.6 is 0 Å². The molecule has 10 saturated heterocycles. The van der Waals surface area contributed by atoms with E-state index in [4.69, 9.17) is 56.8 Å². The number of methoxy groups -OCH3 is 5. The number of fused-ring (bicyclic) bond motifs is 5. The molecule has 0 aromatic heterocycles. The molecule has 11 unspecified atom stereocenters. The van der Waals surface area contributed by atoms with Gasteiger partial charge >= 0.3 is 12.2 Å². The number of aliphatic hydroxyl groups is 1. The minimum Gasteiger partial charge on any atom is -0.653 e. The zero-order chi connectivity index (χ0) is 51.6. The van der Waals surface area contributed by atoms with Crippen LogP contribution in [0.5, 0.6) is 0 Å². The van der Waals surface area contributed by atoms with Crippen LogP contribution in [0.3, 0.4) is 0 Å². The van der Waals surface area contributed by atoms with Crippen LogP contribution in [0.2, 0.25) is 0 Å². The summed E-state index contributed by atoms with van der Waals surface area (Å²) in [6.45, 7) is 5.65. The van der Waals surface area contributed by atoms with Crippen molar-refractivity contribution in [2.45, 2.75) is 123 Å². The first-order valence-corrected chi connectivity index (χ1v) is 25.0. The predicted molar refractivity (Wildman–Crippen MR) is 277 cm³/mol. The fraction of sp³-hybridized carbons (Fsp3) is 0.648. The number of likely N-dealkylation sites (tertiary alicyclic amines) is 2. The van der Waals surface area contributed by atoms with Crippen LogP contribution in [0.15, 0.2) is 60.7 Å². The topological polar surface area (TPSA) is 246 Å². The van der Waals surface area contributed by atoms with Crippen LogP contribution in [-0.4, -0.2) is 218 Å². The third kappa shape index (κ3) is 24.1. The van der Waals surface area contributed by atoms with E-state index in [0.29, 0.717) is 39.3 Å². The average Bonchev–Trinajstić information content (AvgIpc) is 4.27. The minimum absolute atomic E-state index is 0. The second kappa shape index (κ2) is 47.2. The van der Waals surface area contributed by atoms with Crippen molar-refractivity contribution in [1.29, 1.82) is 0 Å². The summed E-state index contributed by atoms with van der Waals surface area (Å²) in [5.41, 5.74) is 1.89. The molecule has 10 fully saturated rings. The molecule has 10 heterocycles. The van der Waals surface area contributed by atoms with Crippen molar-refractivity contribution >= 4 is 23.8 Å². The van der Waals surface area contributed by atoms with Crippen LogP contribution in [0.1, 0.15) is 43.2 Å². The molecule has 2 aromatic carbocycles. The van der Waals surface area contributed by atoms with Gasteiger partial charge in [0.25, 0.3) is 0 Å². The van der Waals surface area contributed by atoms with Crippen LogP contribution in [0.4, 0.5) is 9.59 Å². The van der Waals surface area contributed by atoms with Crippen molar-refractivity contribution in [3.05, 3.63) is 105 Å². The van der Waals surface area contributed by atoms with Crippen molar-refractivity contribution in [2.24, 2.45) is 0 Å². The largest absolute Gasteiger partial charge is 0.653 e. The molecule has 2 aromatic rings. The number of amides is 2. The molecule has 0 bridgehead atoms. The van der Waals surface area contributed by atoms with Gasteiger partial charge in [-0.1, -0.05) is 66.7 Å². The predicted octanol–water partition coefficient (Wildman–Crippen LogP) is 4.19. The Morgan fingerprint density at radius 1 is 0.600 bits per heavy atom. The zero-order valence-electron chi connectivity index (χ0n) is 49.5. The number of carbonyl (C=O) groups is 4. The molecule has 2 amide bonds. The molecule has 0 spiro atoms. The maximum Gasteiger partial charge on any atom is 0.410 e. The second-order valence-corrected chi connectivity index (χ2v) is 19.1. The third-order valence-electron chi connectivity index (χ3n) is 15.1. The van der Waals surface area contributed by atoms with E-state index in [1.807, 2.05) is 60.7 Å². The number of ketones is 2. The van der Waals surface area contributed by atoms with E-state index in [2.05, 4.69) is 16.0 Å². The molecule has 10 aliphatic heterocycles. The molecule has 85 heavy (non-hydrogen) atoms. The monoisotopic (exact) mass is 2300 g/mol. The number of rotatable bonds is 9. The third-order valence-corrected chi connectivity index (χ3v) is 15.1.